The van der Waals surface area contributed by atoms with E-state index in [2.05, 4.69) is 19.1 Å². The third kappa shape index (κ3) is 20.7. The van der Waals surface area contributed by atoms with Crippen molar-refractivity contribution in [2.45, 2.75) is 116 Å². The Morgan fingerprint density at radius 3 is 1.18 bits per heavy atom. The van der Waals surface area contributed by atoms with Crippen LogP contribution < -0.4 is 0 Å². The summed E-state index contributed by atoms with van der Waals surface area (Å²) < 4.78 is 0.264. The fourth-order valence-corrected chi connectivity index (χ4v) is 4.49. The Balaban J connectivity index is 4.05. The van der Waals surface area contributed by atoms with Crippen molar-refractivity contribution in [3.05, 3.63) is 12.2 Å². The van der Waals surface area contributed by atoms with Gasteiger partial charge in [-0.15, -0.1) is 0 Å². The van der Waals surface area contributed by atoms with Crippen LogP contribution in [0.1, 0.15) is 116 Å². The molecule has 0 unspecified atom stereocenters. The summed E-state index contributed by atoms with van der Waals surface area (Å²) in [5, 5.41) is 27.3. The molecule has 34 heavy (non-hydrogen) atoms. The highest BCUT2D eigenvalue weighted by Gasteiger charge is 2.29. The molecular weight excluding hydrogens is 434 g/mol. The molecule has 0 aliphatic heterocycles. The maximum Gasteiger partial charge on any atom is 0.309 e. The predicted octanol–water partition coefficient (Wildman–Crippen LogP) is 6.26. The lowest BCUT2D eigenvalue weighted by Gasteiger charge is -2.38. The molecule has 0 aromatic heterocycles. The summed E-state index contributed by atoms with van der Waals surface area (Å²) in [5.74, 6) is -2.80. The SMILES string of the molecule is C/C=C/CCCCCCCCCCCCCCC[N+](CCC(=O)O)(CCC(=O)O)CCC(=O)O. The van der Waals surface area contributed by atoms with E-state index in [1.807, 2.05) is 0 Å². The average molecular weight is 485 g/mol. The molecule has 0 heterocycles. The van der Waals surface area contributed by atoms with Gasteiger partial charge in [-0.2, -0.15) is 0 Å². The van der Waals surface area contributed by atoms with Gasteiger partial charge in [0, 0.05) is 0 Å². The summed E-state index contributed by atoms with van der Waals surface area (Å²) in [6.07, 6.45) is 21.4. The molecule has 0 spiro atoms. The van der Waals surface area contributed by atoms with Crippen molar-refractivity contribution < 1.29 is 34.2 Å². The first-order valence-electron chi connectivity index (χ1n) is 13.4. The number of hydrogen-bond donors (Lipinski definition) is 3. The van der Waals surface area contributed by atoms with E-state index in [1.165, 1.54) is 70.6 Å². The van der Waals surface area contributed by atoms with Crippen molar-refractivity contribution in [3.63, 3.8) is 0 Å². The molecule has 0 atom stereocenters. The van der Waals surface area contributed by atoms with Gasteiger partial charge in [0.25, 0.3) is 0 Å². The average Bonchev–Trinajstić information content (AvgIpc) is 2.79. The number of aliphatic carboxylic acids is 3. The van der Waals surface area contributed by atoms with E-state index in [1.54, 1.807) is 0 Å². The number of carbonyl (C=O) groups is 3. The van der Waals surface area contributed by atoms with E-state index in [-0.39, 0.29) is 43.4 Å². The van der Waals surface area contributed by atoms with Gasteiger partial charge < -0.3 is 19.8 Å². The zero-order chi connectivity index (χ0) is 25.5. The van der Waals surface area contributed by atoms with Crippen LogP contribution >= 0.6 is 0 Å². The van der Waals surface area contributed by atoms with Crippen LogP contribution in [0.5, 0.6) is 0 Å². The first-order chi connectivity index (χ1) is 16.3. The topological polar surface area (TPSA) is 112 Å². The number of unbranched alkanes of at least 4 members (excludes halogenated alkanes) is 13. The minimum absolute atomic E-state index is 0.0740. The zero-order valence-corrected chi connectivity index (χ0v) is 21.5. The molecule has 0 bridgehead atoms. The van der Waals surface area contributed by atoms with Crippen LogP contribution in [0.4, 0.5) is 0 Å². The second-order valence-electron chi connectivity index (χ2n) is 9.62. The third-order valence-corrected chi connectivity index (χ3v) is 6.64. The molecule has 0 aromatic carbocycles. The van der Waals surface area contributed by atoms with Crippen LogP contribution in [0.3, 0.4) is 0 Å². The van der Waals surface area contributed by atoms with E-state index in [4.69, 9.17) is 15.3 Å². The molecule has 0 saturated heterocycles. The van der Waals surface area contributed by atoms with Gasteiger partial charge in [-0.3, -0.25) is 14.4 Å². The molecule has 0 aliphatic carbocycles. The number of quaternary nitrogens is 1. The summed E-state index contributed by atoms with van der Waals surface area (Å²) in [6.45, 7) is 3.57. The van der Waals surface area contributed by atoms with Gasteiger partial charge in [0.1, 0.15) is 0 Å². The Hall–Kier alpha value is -1.89. The van der Waals surface area contributed by atoms with Gasteiger partial charge in [-0.05, 0) is 32.6 Å². The predicted molar refractivity (Wildman–Crippen MR) is 136 cm³/mol. The van der Waals surface area contributed by atoms with Crippen LogP contribution in [0.2, 0.25) is 0 Å². The van der Waals surface area contributed by atoms with E-state index >= 15 is 0 Å². The maximum absolute atomic E-state index is 11.1. The first-order valence-corrected chi connectivity index (χ1v) is 13.4. The fraction of sp³-hybridized carbons (Fsp3) is 0.815. The smallest absolute Gasteiger partial charge is 0.309 e. The lowest BCUT2D eigenvalue weighted by molar-refractivity contribution is -0.927. The normalized spacial score (nSPS) is 11.8. The van der Waals surface area contributed by atoms with Gasteiger partial charge >= 0.3 is 17.9 Å². The van der Waals surface area contributed by atoms with Crippen LogP contribution in [0.15, 0.2) is 12.2 Å². The van der Waals surface area contributed by atoms with Crippen molar-refractivity contribution >= 4 is 17.9 Å². The summed E-state index contributed by atoms with van der Waals surface area (Å²) in [7, 11) is 0. The minimum Gasteiger partial charge on any atom is -0.481 e. The number of allylic oxidation sites excluding steroid dienone is 2. The Morgan fingerprint density at radius 1 is 0.529 bits per heavy atom. The quantitative estimate of drug-likeness (QED) is 0.0800. The second-order valence-corrected chi connectivity index (χ2v) is 9.62. The molecular formula is C27H50NO6+. The molecule has 0 aliphatic rings. The van der Waals surface area contributed by atoms with Crippen LogP contribution in [0.25, 0.3) is 0 Å². The lowest BCUT2D eigenvalue weighted by atomic mass is 10.0. The third-order valence-electron chi connectivity index (χ3n) is 6.64. The van der Waals surface area contributed by atoms with Crippen molar-refractivity contribution in [1.82, 2.24) is 0 Å². The van der Waals surface area contributed by atoms with Crippen molar-refractivity contribution in [3.8, 4) is 0 Å². The molecule has 0 amide bonds. The van der Waals surface area contributed by atoms with Gasteiger partial charge in [0.15, 0.2) is 0 Å². The van der Waals surface area contributed by atoms with E-state index in [0.29, 0.717) is 6.54 Å². The van der Waals surface area contributed by atoms with Crippen LogP contribution in [0, 0.1) is 0 Å². The number of carboxylic acid groups (broad SMARTS) is 3. The molecule has 0 fully saturated rings. The molecule has 198 valence electrons. The first kappa shape index (κ1) is 32.1. The molecule has 0 rings (SSSR count). The highest BCUT2D eigenvalue weighted by molar-refractivity contribution is 5.67. The summed E-state index contributed by atoms with van der Waals surface area (Å²) in [4.78, 5) is 33.3. The molecule has 0 saturated carbocycles. The molecule has 0 radical (unpaired) electrons. The summed E-state index contributed by atoms with van der Waals surface area (Å²) in [6, 6.07) is 0. The molecule has 0 aromatic rings. The van der Waals surface area contributed by atoms with Gasteiger partial charge in [-0.1, -0.05) is 76.4 Å². The fourth-order valence-electron chi connectivity index (χ4n) is 4.49. The largest absolute Gasteiger partial charge is 0.481 e. The number of hydrogen-bond acceptors (Lipinski definition) is 3. The Kier molecular flexibility index (Phi) is 20.4. The number of nitrogens with zero attached hydrogens (tertiary/aromatic N) is 1. The highest BCUT2D eigenvalue weighted by Crippen LogP contribution is 2.17. The molecule has 7 nitrogen and oxygen atoms in total. The Morgan fingerprint density at radius 2 is 0.853 bits per heavy atom. The van der Waals surface area contributed by atoms with Gasteiger partial charge in [-0.25, -0.2) is 0 Å². The maximum atomic E-state index is 11.1. The number of carboxylic acids is 3. The Labute approximate surface area is 206 Å². The standard InChI is InChI=1S/C27H49NO6/c1-2-3-4-5-6-7-8-9-10-11-12-13-14-15-16-17-21-28(22-18-25(29)30,23-19-26(31)32)24-20-27(33)34/h2-3H,4-24H2,1H3,(H2-,29,30,31,32,33,34)/p+1/b3-2+. The highest BCUT2D eigenvalue weighted by atomic mass is 16.4. The minimum atomic E-state index is -0.933. The van der Waals surface area contributed by atoms with E-state index in [9.17, 15) is 14.4 Å². The zero-order valence-electron chi connectivity index (χ0n) is 21.5. The summed E-state index contributed by atoms with van der Waals surface area (Å²) in [5.41, 5.74) is 0. The summed E-state index contributed by atoms with van der Waals surface area (Å²) >= 11 is 0. The lowest BCUT2D eigenvalue weighted by Crippen LogP contribution is -2.52. The van der Waals surface area contributed by atoms with Crippen molar-refractivity contribution in [2.24, 2.45) is 0 Å². The second kappa shape index (κ2) is 21.6. The Bertz CT molecular complexity index is 530. The molecule has 3 N–H and O–H groups in total. The van der Waals surface area contributed by atoms with E-state index < -0.39 is 17.9 Å². The van der Waals surface area contributed by atoms with Gasteiger partial charge in [0.05, 0.1) is 45.4 Å². The van der Waals surface area contributed by atoms with E-state index in [0.717, 1.165) is 19.3 Å². The van der Waals surface area contributed by atoms with Crippen LogP contribution in [-0.2, 0) is 14.4 Å². The van der Waals surface area contributed by atoms with Crippen molar-refractivity contribution in [1.29, 1.82) is 0 Å². The van der Waals surface area contributed by atoms with Crippen LogP contribution in [-0.4, -0.2) is 63.9 Å². The number of rotatable bonds is 25. The van der Waals surface area contributed by atoms with Gasteiger partial charge in [0.2, 0.25) is 0 Å². The monoisotopic (exact) mass is 484 g/mol. The van der Waals surface area contributed by atoms with Crippen molar-refractivity contribution in [2.75, 3.05) is 26.2 Å². The molecule has 7 heteroatoms.